The van der Waals surface area contributed by atoms with Crippen molar-refractivity contribution in [2.24, 2.45) is 0 Å². The Balaban J connectivity index is 2.34. The minimum atomic E-state index is -0.410. The van der Waals surface area contributed by atoms with Crippen LogP contribution >= 0.6 is 0 Å². The summed E-state index contributed by atoms with van der Waals surface area (Å²) in [5.74, 6) is 0.703. The summed E-state index contributed by atoms with van der Waals surface area (Å²) in [6.45, 7) is 2.18. The molecule has 0 saturated carbocycles. The molecule has 0 fully saturated rings. The van der Waals surface area contributed by atoms with Gasteiger partial charge >= 0.3 is 0 Å². The first kappa shape index (κ1) is 9.79. The molecule has 0 radical (unpaired) electrons. The van der Waals surface area contributed by atoms with Gasteiger partial charge in [0.25, 0.3) is 0 Å². The number of fused-ring (bicyclic) bond motifs is 1. The lowest BCUT2D eigenvalue weighted by molar-refractivity contribution is 0.208. The summed E-state index contributed by atoms with van der Waals surface area (Å²) in [4.78, 5) is 12.3. The van der Waals surface area contributed by atoms with Gasteiger partial charge in [0.2, 0.25) is 0 Å². The molecule has 0 aliphatic rings. The van der Waals surface area contributed by atoms with Crippen molar-refractivity contribution >= 4 is 16.9 Å². The van der Waals surface area contributed by atoms with Gasteiger partial charge in [0, 0.05) is 12.7 Å². The van der Waals surface area contributed by atoms with Crippen LogP contribution in [0, 0.1) is 0 Å². The van der Waals surface area contributed by atoms with Gasteiger partial charge in [0.15, 0.2) is 5.65 Å². The molecule has 0 aliphatic carbocycles. The van der Waals surface area contributed by atoms with E-state index in [1.165, 1.54) is 6.33 Å². The largest absolute Gasteiger partial charge is 0.392 e. The molecule has 5 heteroatoms. The fourth-order valence-corrected chi connectivity index (χ4v) is 1.28. The highest BCUT2D eigenvalue weighted by Crippen LogP contribution is 2.15. The van der Waals surface area contributed by atoms with Crippen molar-refractivity contribution in [2.75, 3.05) is 11.9 Å². The molecule has 2 rings (SSSR count). The number of pyridine rings is 1. The number of hydrogen-bond acceptors (Lipinski definition) is 5. The minimum Gasteiger partial charge on any atom is -0.392 e. The predicted octanol–water partition coefficient (Wildman–Crippen LogP) is 0.818. The van der Waals surface area contributed by atoms with Crippen molar-refractivity contribution in [1.29, 1.82) is 0 Å². The number of anilines is 1. The van der Waals surface area contributed by atoms with E-state index in [-0.39, 0.29) is 0 Å². The monoisotopic (exact) mass is 204 g/mol. The highest BCUT2D eigenvalue weighted by Gasteiger charge is 2.03. The van der Waals surface area contributed by atoms with E-state index in [9.17, 15) is 0 Å². The van der Waals surface area contributed by atoms with Crippen LogP contribution in [0.2, 0.25) is 0 Å². The number of rotatable bonds is 3. The van der Waals surface area contributed by atoms with Crippen molar-refractivity contribution in [3.8, 4) is 0 Å². The number of nitrogens with one attached hydrogen (secondary N) is 1. The quantitative estimate of drug-likeness (QED) is 0.774. The Morgan fingerprint density at radius 3 is 3.07 bits per heavy atom. The average Bonchev–Trinajstić information content (AvgIpc) is 2.26. The highest BCUT2D eigenvalue weighted by atomic mass is 16.3. The summed E-state index contributed by atoms with van der Waals surface area (Å²) in [6.07, 6.45) is 2.74. The maximum absolute atomic E-state index is 9.16. The van der Waals surface area contributed by atoms with Gasteiger partial charge in [-0.3, -0.25) is 0 Å². The first-order valence-electron chi connectivity index (χ1n) is 4.75. The van der Waals surface area contributed by atoms with E-state index in [1.54, 1.807) is 13.1 Å². The second-order valence-electron chi connectivity index (χ2n) is 3.33. The summed E-state index contributed by atoms with van der Waals surface area (Å²) in [5, 5.41) is 13.1. The third-order valence-corrected chi connectivity index (χ3v) is 1.97. The molecule has 78 valence electrons. The van der Waals surface area contributed by atoms with Crippen LogP contribution in [0.4, 0.5) is 5.82 Å². The third kappa shape index (κ3) is 2.19. The molecule has 0 aliphatic heterocycles. The molecule has 0 spiro atoms. The Kier molecular flexibility index (Phi) is 2.73. The molecule has 0 amide bonds. The predicted molar refractivity (Wildman–Crippen MR) is 57.5 cm³/mol. The van der Waals surface area contributed by atoms with Crippen molar-refractivity contribution < 1.29 is 5.11 Å². The Bertz CT molecular complexity index is 453. The summed E-state index contributed by atoms with van der Waals surface area (Å²) in [7, 11) is 0. The first-order valence-corrected chi connectivity index (χ1v) is 4.75. The van der Waals surface area contributed by atoms with Gasteiger partial charge in [-0.05, 0) is 19.1 Å². The smallest absolute Gasteiger partial charge is 0.164 e. The summed E-state index contributed by atoms with van der Waals surface area (Å²) in [6, 6.07) is 3.73. The second-order valence-corrected chi connectivity index (χ2v) is 3.33. The zero-order chi connectivity index (χ0) is 10.7. The number of aliphatic hydroxyl groups is 1. The maximum atomic E-state index is 9.16. The Hall–Kier alpha value is -1.75. The van der Waals surface area contributed by atoms with Gasteiger partial charge in [0.1, 0.15) is 12.1 Å². The fraction of sp³-hybridized carbons (Fsp3) is 0.300. The van der Waals surface area contributed by atoms with E-state index < -0.39 is 6.10 Å². The molecule has 0 aromatic carbocycles. The lowest BCUT2D eigenvalue weighted by Gasteiger charge is -2.08. The second kappa shape index (κ2) is 4.18. The molecule has 2 aromatic rings. The summed E-state index contributed by atoms with van der Waals surface area (Å²) in [5.41, 5.74) is 0.653. The molecule has 0 saturated heterocycles. The van der Waals surface area contributed by atoms with Crippen LogP contribution in [0.25, 0.3) is 11.0 Å². The van der Waals surface area contributed by atoms with E-state index in [0.29, 0.717) is 18.0 Å². The molecular weight excluding hydrogens is 192 g/mol. The zero-order valence-electron chi connectivity index (χ0n) is 8.38. The van der Waals surface area contributed by atoms with Crippen molar-refractivity contribution in [3.63, 3.8) is 0 Å². The lowest BCUT2D eigenvalue weighted by Crippen LogP contribution is -2.16. The van der Waals surface area contributed by atoms with Crippen molar-refractivity contribution in [2.45, 2.75) is 13.0 Å². The van der Waals surface area contributed by atoms with Crippen molar-refractivity contribution in [3.05, 3.63) is 24.7 Å². The van der Waals surface area contributed by atoms with Gasteiger partial charge in [-0.25, -0.2) is 15.0 Å². The zero-order valence-corrected chi connectivity index (χ0v) is 8.38. The van der Waals surface area contributed by atoms with Gasteiger partial charge in [-0.2, -0.15) is 0 Å². The van der Waals surface area contributed by atoms with E-state index in [1.807, 2.05) is 12.1 Å². The van der Waals surface area contributed by atoms with Crippen LogP contribution in [0.1, 0.15) is 6.92 Å². The molecule has 2 N–H and O–H groups in total. The van der Waals surface area contributed by atoms with Gasteiger partial charge < -0.3 is 10.4 Å². The fourth-order valence-electron chi connectivity index (χ4n) is 1.28. The summed E-state index contributed by atoms with van der Waals surface area (Å²) >= 11 is 0. The highest BCUT2D eigenvalue weighted by molar-refractivity contribution is 5.85. The number of nitrogens with zero attached hydrogens (tertiary/aromatic N) is 3. The van der Waals surface area contributed by atoms with Crippen LogP contribution in [0.5, 0.6) is 0 Å². The van der Waals surface area contributed by atoms with E-state index in [4.69, 9.17) is 5.11 Å². The minimum absolute atomic E-state index is 0.410. The molecule has 1 atom stereocenters. The van der Waals surface area contributed by atoms with E-state index >= 15 is 0 Å². The number of hydrogen-bond donors (Lipinski definition) is 2. The Morgan fingerprint density at radius 2 is 2.27 bits per heavy atom. The first-order chi connectivity index (χ1) is 7.27. The molecule has 1 unspecified atom stereocenters. The molecule has 2 aromatic heterocycles. The third-order valence-electron chi connectivity index (χ3n) is 1.97. The van der Waals surface area contributed by atoms with Crippen LogP contribution in [-0.4, -0.2) is 32.7 Å². The molecular formula is C10H12N4O. The Labute approximate surface area is 87.2 Å². The Morgan fingerprint density at radius 1 is 1.40 bits per heavy atom. The molecule has 15 heavy (non-hydrogen) atoms. The van der Waals surface area contributed by atoms with Gasteiger partial charge in [-0.15, -0.1) is 0 Å². The van der Waals surface area contributed by atoms with Gasteiger partial charge in [-0.1, -0.05) is 0 Å². The SMILES string of the molecule is CC(O)CNc1ncnc2ncccc12. The standard InChI is InChI=1S/C10H12N4O/c1-7(15)5-12-10-8-3-2-4-11-9(8)13-6-14-10/h2-4,6-7,15H,5H2,1H3,(H,11,12,13,14). The van der Waals surface area contributed by atoms with Crippen molar-refractivity contribution in [1.82, 2.24) is 15.0 Å². The van der Waals surface area contributed by atoms with Crippen LogP contribution in [0.15, 0.2) is 24.7 Å². The average molecular weight is 204 g/mol. The normalized spacial score (nSPS) is 12.7. The maximum Gasteiger partial charge on any atom is 0.164 e. The van der Waals surface area contributed by atoms with E-state index in [2.05, 4.69) is 20.3 Å². The molecule has 2 heterocycles. The molecule has 5 nitrogen and oxygen atoms in total. The lowest BCUT2D eigenvalue weighted by atomic mass is 10.3. The number of aromatic nitrogens is 3. The van der Waals surface area contributed by atoms with Crippen LogP contribution in [0.3, 0.4) is 0 Å². The van der Waals surface area contributed by atoms with Crippen LogP contribution < -0.4 is 5.32 Å². The van der Waals surface area contributed by atoms with Crippen LogP contribution in [-0.2, 0) is 0 Å². The van der Waals surface area contributed by atoms with Gasteiger partial charge in [0.05, 0.1) is 11.5 Å². The number of aliphatic hydroxyl groups excluding tert-OH is 1. The topological polar surface area (TPSA) is 70.9 Å². The molecule has 0 bridgehead atoms. The van der Waals surface area contributed by atoms with E-state index in [0.717, 1.165) is 5.39 Å². The summed E-state index contributed by atoms with van der Waals surface area (Å²) < 4.78 is 0.